The zero-order chi connectivity index (χ0) is 12.1. The van der Waals surface area contributed by atoms with Gasteiger partial charge in [-0.05, 0) is 26.2 Å². The Kier molecular flexibility index (Phi) is 4.29. The molecule has 1 fully saturated rings. The van der Waals surface area contributed by atoms with Crippen molar-refractivity contribution in [3.63, 3.8) is 0 Å². The van der Waals surface area contributed by atoms with Gasteiger partial charge in [0.05, 0.1) is 13.2 Å². The number of rotatable bonds is 5. The van der Waals surface area contributed by atoms with Gasteiger partial charge in [0.15, 0.2) is 0 Å². The van der Waals surface area contributed by atoms with Crippen LogP contribution in [0.15, 0.2) is 0 Å². The second kappa shape index (κ2) is 5.50. The number of carbonyl (C=O) groups is 2. The predicted molar refractivity (Wildman–Crippen MR) is 56.1 cm³/mol. The van der Waals surface area contributed by atoms with E-state index in [1.807, 2.05) is 6.07 Å². The smallest absolute Gasteiger partial charge is 0.328 e. The Morgan fingerprint density at radius 3 is 2.62 bits per heavy atom. The Morgan fingerprint density at radius 2 is 2.19 bits per heavy atom. The van der Waals surface area contributed by atoms with E-state index in [1.54, 1.807) is 6.92 Å². The average Bonchev–Trinajstić information content (AvgIpc) is 3.10. The molecule has 0 aliphatic heterocycles. The molecular formula is C11H16N2O3. The van der Waals surface area contributed by atoms with E-state index in [0.717, 1.165) is 12.8 Å². The van der Waals surface area contributed by atoms with E-state index in [9.17, 15) is 9.59 Å². The van der Waals surface area contributed by atoms with Gasteiger partial charge in [0.1, 0.15) is 6.04 Å². The zero-order valence-electron chi connectivity index (χ0n) is 9.53. The normalized spacial score (nSPS) is 18.1. The van der Waals surface area contributed by atoms with Crippen LogP contribution in [0.3, 0.4) is 0 Å². The molecule has 1 N–H and O–H groups in total. The molecule has 0 spiro atoms. The molecule has 0 radical (unpaired) electrons. The number of esters is 1. The van der Waals surface area contributed by atoms with Crippen LogP contribution in [0, 0.1) is 23.2 Å². The van der Waals surface area contributed by atoms with Crippen molar-refractivity contribution in [1.82, 2.24) is 5.32 Å². The first-order chi connectivity index (χ1) is 7.58. The van der Waals surface area contributed by atoms with Crippen molar-refractivity contribution in [1.29, 1.82) is 5.26 Å². The molecule has 0 bridgehead atoms. The van der Waals surface area contributed by atoms with E-state index in [1.165, 1.54) is 7.11 Å². The second-order valence-corrected chi connectivity index (χ2v) is 4.12. The van der Waals surface area contributed by atoms with Crippen LogP contribution in [-0.2, 0) is 14.3 Å². The predicted octanol–water partition coefficient (Wildman–Crippen LogP) is 0.604. The first kappa shape index (κ1) is 12.5. The lowest BCUT2D eigenvalue weighted by atomic mass is 10.0. The minimum atomic E-state index is -0.701. The van der Waals surface area contributed by atoms with Gasteiger partial charge in [-0.2, -0.15) is 5.26 Å². The molecule has 0 saturated heterocycles. The van der Waals surface area contributed by atoms with E-state index in [4.69, 9.17) is 5.26 Å². The number of nitriles is 1. The maximum atomic E-state index is 11.5. The number of nitrogens with one attached hydrogen (secondary N) is 1. The van der Waals surface area contributed by atoms with Gasteiger partial charge in [-0.15, -0.1) is 0 Å². The summed E-state index contributed by atoms with van der Waals surface area (Å²) >= 11 is 0. The lowest BCUT2D eigenvalue weighted by molar-refractivity contribution is -0.145. The van der Waals surface area contributed by atoms with E-state index in [-0.39, 0.29) is 17.7 Å². The third kappa shape index (κ3) is 3.54. The highest BCUT2D eigenvalue weighted by Gasteiger charge is 2.33. The van der Waals surface area contributed by atoms with Gasteiger partial charge >= 0.3 is 5.97 Å². The fourth-order valence-corrected chi connectivity index (χ4v) is 1.40. The Balaban J connectivity index is 2.52. The minimum Gasteiger partial charge on any atom is -0.467 e. The number of hydrogen-bond donors (Lipinski definition) is 1. The Morgan fingerprint density at radius 1 is 1.56 bits per heavy atom. The maximum Gasteiger partial charge on any atom is 0.328 e. The Bertz CT molecular complexity index is 318. The van der Waals surface area contributed by atoms with Crippen LogP contribution in [0.4, 0.5) is 0 Å². The Labute approximate surface area is 94.8 Å². The van der Waals surface area contributed by atoms with Crippen LogP contribution in [0.2, 0.25) is 0 Å². The molecular weight excluding hydrogens is 208 g/mol. The molecule has 1 aliphatic rings. The summed E-state index contributed by atoms with van der Waals surface area (Å²) in [7, 11) is 1.27. The summed E-state index contributed by atoms with van der Waals surface area (Å²) in [5, 5.41) is 11.3. The van der Waals surface area contributed by atoms with Gasteiger partial charge in [-0.1, -0.05) is 0 Å². The van der Waals surface area contributed by atoms with Crippen molar-refractivity contribution in [2.75, 3.05) is 7.11 Å². The summed E-state index contributed by atoms with van der Waals surface area (Å²) in [5.74, 6) is -0.843. The zero-order valence-corrected chi connectivity index (χ0v) is 9.53. The molecule has 0 aromatic rings. The number of carbonyl (C=O) groups excluding carboxylic acids is 2. The number of methoxy groups -OCH3 is 1. The van der Waals surface area contributed by atoms with E-state index >= 15 is 0 Å². The van der Waals surface area contributed by atoms with Crippen molar-refractivity contribution in [3.05, 3.63) is 0 Å². The van der Waals surface area contributed by atoms with Crippen LogP contribution >= 0.6 is 0 Å². The highest BCUT2D eigenvalue weighted by atomic mass is 16.5. The molecule has 1 saturated carbocycles. The lowest BCUT2D eigenvalue weighted by Gasteiger charge is -2.17. The number of amides is 1. The number of hydrogen-bond acceptors (Lipinski definition) is 4. The molecule has 1 rings (SSSR count). The third-order valence-corrected chi connectivity index (χ3v) is 2.56. The van der Waals surface area contributed by atoms with Crippen LogP contribution < -0.4 is 5.32 Å². The van der Waals surface area contributed by atoms with Crippen molar-refractivity contribution in [3.8, 4) is 6.07 Å². The molecule has 1 aliphatic carbocycles. The highest BCUT2D eigenvalue weighted by Crippen LogP contribution is 2.29. The summed E-state index contributed by atoms with van der Waals surface area (Å²) in [6, 6.07) is 1.33. The van der Waals surface area contributed by atoms with Gasteiger partial charge in [-0.3, -0.25) is 4.79 Å². The average molecular weight is 224 g/mol. The first-order valence-electron chi connectivity index (χ1n) is 5.36. The van der Waals surface area contributed by atoms with Crippen molar-refractivity contribution in [2.24, 2.45) is 11.8 Å². The lowest BCUT2D eigenvalue weighted by Crippen LogP contribution is -2.43. The topological polar surface area (TPSA) is 79.2 Å². The summed E-state index contributed by atoms with van der Waals surface area (Å²) in [6.45, 7) is 1.71. The Hall–Kier alpha value is -1.57. The van der Waals surface area contributed by atoms with Gasteiger partial charge < -0.3 is 10.1 Å². The van der Waals surface area contributed by atoms with Crippen molar-refractivity contribution < 1.29 is 14.3 Å². The molecule has 1 amide bonds. The van der Waals surface area contributed by atoms with Crippen LogP contribution in [0.5, 0.6) is 0 Å². The standard InChI is InChI=1S/C11H16N2O3/c1-7(6-12)5-9(11(15)16-2)13-10(14)8-3-4-8/h7-9H,3-5H2,1-2H3,(H,13,14)/t7-,9+/m1/s1. The third-order valence-electron chi connectivity index (χ3n) is 2.56. The highest BCUT2D eigenvalue weighted by molar-refractivity contribution is 5.86. The quantitative estimate of drug-likeness (QED) is 0.694. The molecule has 2 atom stereocenters. The van der Waals surface area contributed by atoms with E-state index in [2.05, 4.69) is 10.1 Å². The van der Waals surface area contributed by atoms with E-state index in [0.29, 0.717) is 6.42 Å². The molecule has 5 nitrogen and oxygen atoms in total. The van der Waals surface area contributed by atoms with Crippen LogP contribution in [0.1, 0.15) is 26.2 Å². The number of ether oxygens (including phenoxy) is 1. The summed E-state index contributed by atoms with van der Waals surface area (Å²) < 4.78 is 4.60. The minimum absolute atomic E-state index is 0.0459. The molecule has 0 heterocycles. The summed E-state index contributed by atoms with van der Waals surface area (Å²) in [4.78, 5) is 22.9. The molecule has 16 heavy (non-hydrogen) atoms. The van der Waals surface area contributed by atoms with Crippen molar-refractivity contribution >= 4 is 11.9 Å². The molecule has 88 valence electrons. The van der Waals surface area contributed by atoms with E-state index < -0.39 is 12.0 Å². The van der Waals surface area contributed by atoms with Gasteiger partial charge in [0.25, 0.3) is 0 Å². The molecule has 0 aromatic heterocycles. The fourth-order valence-electron chi connectivity index (χ4n) is 1.40. The fraction of sp³-hybridized carbons (Fsp3) is 0.727. The molecule has 0 aromatic carbocycles. The first-order valence-corrected chi connectivity index (χ1v) is 5.36. The van der Waals surface area contributed by atoms with Gasteiger partial charge in [0.2, 0.25) is 5.91 Å². The SMILES string of the molecule is COC(=O)[C@H](C[C@@H](C)C#N)NC(=O)C1CC1. The molecule has 5 heteroatoms. The largest absolute Gasteiger partial charge is 0.467 e. The number of nitrogens with zero attached hydrogens (tertiary/aromatic N) is 1. The van der Waals surface area contributed by atoms with Crippen LogP contribution in [-0.4, -0.2) is 25.0 Å². The summed E-state index contributed by atoms with van der Waals surface area (Å²) in [6.07, 6.45) is 2.06. The van der Waals surface area contributed by atoms with Crippen molar-refractivity contribution in [2.45, 2.75) is 32.2 Å². The maximum absolute atomic E-state index is 11.5. The van der Waals surface area contributed by atoms with Crippen LogP contribution in [0.25, 0.3) is 0 Å². The van der Waals surface area contributed by atoms with Gasteiger partial charge in [0, 0.05) is 11.8 Å². The monoisotopic (exact) mass is 224 g/mol. The van der Waals surface area contributed by atoms with Gasteiger partial charge in [-0.25, -0.2) is 4.79 Å². The summed E-state index contributed by atoms with van der Waals surface area (Å²) in [5.41, 5.74) is 0. The molecule has 0 unspecified atom stereocenters. The second-order valence-electron chi connectivity index (χ2n) is 4.12.